The van der Waals surface area contributed by atoms with Crippen molar-refractivity contribution in [1.82, 2.24) is 20.3 Å². The number of carbonyl (C=O) groups excluding carboxylic acids is 2. The number of aromatic nitrogens is 3. The van der Waals surface area contributed by atoms with Gasteiger partial charge < -0.3 is 16.0 Å². The van der Waals surface area contributed by atoms with Gasteiger partial charge in [-0.25, -0.2) is 9.97 Å². The summed E-state index contributed by atoms with van der Waals surface area (Å²) in [4.78, 5) is 35.6. The summed E-state index contributed by atoms with van der Waals surface area (Å²) >= 11 is 0. The molecule has 0 radical (unpaired) electrons. The number of nitrogens with one attached hydrogen (secondary N) is 2. The van der Waals surface area contributed by atoms with E-state index in [4.69, 9.17) is 5.73 Å². The van der Waals surface area contributed by atoms with E-state index in [2.05, 4.69) is 20.3 Å². The maximum atomic E-state index is 11.9. The minimum Gasteiger partial charge on any atom is -0.366 e. The zero-order valence-corrected chi connectivity index (χ0v) is 13.2. The Bertz CT molecular complexity index is 993. The molecule has 7 nitrogen and oxygen atoms in total. The predicted octanol–water partition coefficient (Wildman–Crippen LogP) is 1.52. The molecule has 2 aromatic heterocycles. The van der Waals surface area contributed by atoms with Gasteiger partial charge in [-0.15, -0.1) is 0 Å². The number of hydrogen-bond donors (Lipinski definition) is 3. The topological polar surface area (TPSA) is 114 Å². The van der Waals surface area contributed by atoms with E-state index in [-0.39, 0.29) is 5.91 Å². The fourth-order valence-corrected chi connectivity index (χ4v) is 2.96. The molecule has 1 aliphatic rings. The molecule has 7 heteroatoms. The Morgan fingerprint density at radius 2 is 2.00 bits per heavy atom. The second-order valence-corrected chi connectivity index (χ2v) is 5.76. The Labute approximate surface area is 143 Å². The largest absolute Gasteiger partial charge is 0.366 e. The normalized spacial score (nSPS) is 13.2. The molecule has 0 fully saturated rings. The number of aromatic amines is 1. The number of benzene rings is 1. The highest BCUT2D eigenvalue weighted by atomic mass is 16.2. The smallest absolute Gasteiger partial charge is 0.253 e. The standard InChI is InChI=1S/C18H15N5O2/c19-16(24)10-3-1-2-4-11(10)17-20-7-6-14(23-17)15-9-12-13(22-15)5-8-21-18(12)25/h1-4,6-7,9,22H,5,8H2,(H2,19,24)(H,21,25). The van der Waals surface area contributed by atoms with E-state index < -0.39 is 5.91 Å². The number of H-pyrrole nitrogens is 1. The minimum atomic E-state index is -0.531. The first-order chi connectivity index (χ1) is 12.1. The molecule has 0 spiro atoms. The molecule has 25 heavy (non-hydrogen) atoms. The lowest BCUT2D eigenvalue weighted by atomic mass is 10.1. The molecule has 124 valence electrons. The third-order valence-electron chi connectivity index (χ3n) is 4.17. The molecule has 0 aliphatic carbocycles. The van der Waals surface area contributed by atoms with Crippen LogP contribution in [0.1, 0.15) is 26.4 Å². The van der Waals surface area contributed by atoms with E-state index in [0.29, 0.717) is 34.8 Å². The highest BCUT2D eigenvalue weighted by Crippen LogP contribution is 2.25. The molecular weight excluding hydrogens is 318 g/mol. The molecule has 0 unspecified atom stereocenters. The third kappa shape index (κ3) is 2.65. The number of amides is 2. The van der Waals surface area contributed by atoms with Crippen LogP contribution in [0.5, 0.6) is 0 Å². The van der Waals surface area contributed by atoms with Crippen molar-refractivity contribution in [3.05, 3.63) is 59.4 Å². The van der Waals surface area contributed by atoms with E-state index >= 15 is 0 Å². The van der Waals surface area contributed by atoms with Crippen molar-refractivity contribution in [2.45, 2.75) is 6.42 Å². The van der Waals surface area contributed by atoms with Crippen LogP contribution in [0, 0.1) is 0 Å². The van der Waals surface area contributed by atoms with Gasteiger partial charge in [-0.3, -0.25) is 9.59 Å². The molecule has 0 atom stereocenters. The van der Waals surface area contributed by atoms with Gasteiger partial charge in [0.05, 0.1) is 22.5 Å². The van der Waals surface area contributed by atoms with Gasteiger partial charge in [0.1, 0.15) is 0 Å². The van der Waals surface area contributed by atoms with Crippen molar-refractivity contribution in [2.24, 2.45) is 5.73 Å². The second-order valence-electron chi connectivity index (χ2n) is 5.76. The number of nitrogens with zero attached hydrogens (tertiary/aromatic N) is 2. The molecule has 0 saturated carbocycles. The lowest BCUT2D eigenvalue weighted by molar-refractivity contribution is 0.0944. The molecule has 4 rings (SSSR count). The molecule has 4 N–H and O–H groups in total. The molecule has 1 aromatic carbocycles. The first-order valence-corrected chi connectivity index (χ1v) is 7.86. The van der Waals surface area contributed by atoms with Crippen LogP contribution in [0.15, 0.2) is 42.6 Å². The first-order valence-electron chi connectivity index (χ1n) is 7.86. The summed E-state index contributed by atoms with van der Waals surface area (Å²) in [7, 11) is 0. The van der Waals surface area contributed by atoms with E-state index in [9.17, 15) is 9.59 Å². The Morgan fingerprint density at radius 3 is 2.80 bits per heavy atom. The summed E-state index contributed by atoms with van der Waals surface area (Å²) in [6.45, 7) is 0.618. The first kappa shape index (κ1) is 15.1. The Morgan fingerprint density at radius 1 is 1.16 bits per heavy atom. The number of nitrogens with two attached hydrogens (primary N) is 1. The predicted molar refractivity (Wildman–Crippen MR) is 91.8 cm³/mol. The summed E-state index contributed by atoms with van der Waals surface area (Å²) < 4.78 is 0. The maximum absolute atomic E-state index is 11.9. The van der Waals surface area contributed by atoms with E-state index in [1.807, 2.05) is 0 Å². The number of carbonyl (C=O) groups is 2. The zero-order valence-electron chi connectivity index (χ0n) is 13.2. The molecule has 3 heterocycles. The quantitative estimate of drug-likeness (QED) is 0.674. The summed E-state index contributed by atoms with van der Waals surface area (Å²) in [6, 6.07) is 10.5. The van der Waals surface area contributed by atoms with Crippen molar-refractivity contribution in [3.8, 4) is 22.8 Å². The van der Waals surface area contributed by atoms with Gasteiger partial charge in [0, 0.05) is 30.4 Å². The molecule has 1 aliphatic heterocycles. The van der Waals surface area contributed by atoms with E-state index in [0.717, 1.165) is 17.8 Å². The number of hydrogen-bond acceptors (Lipinski definition) is 4. The molecule has 2 amide bonds. The second kappa shape index (κ2) is 5.86. The summed E-state index contributed by atoms with van der Waals surface area (Å²) in [5, 5.41) is 2.82. The van der Waals surface area contributed by atoms with Crippen molar-refractivity contribution in [2.75, 3.05) is 6.54 Å². The number of fused-ring (bicyclic) bond motifs is 1. The van der Waals surface area contributed by atoms with Crippen LogP contribution in [0.2, 0.25) is 0 Å². The van der Waals surface area contributed by atoms with Crippen molar-refractivity contribution in [3.63, 3.8) is 0 Å². The molecule has 3 aromatic rings. The van der Waals surface area contributed by atoms with Crippen molar-refractivity contribution < 1.29 is 9.59 Å². The van der Waals surface area contributed by atoms with Gasteiger partial charge in [0.25, 0.3) is 5.91 Å². The highest BCUT2D eigenvalue weighted by Gasteiger charge is 2.21. The minimum absolute atomic E-state index is 0.0860. The molecular formula is C18H15N5O2. The third-order valence-corrected chi connectivity index (χ3v) is 4.17. The summed E-state index contributed by atoms with van der Waals surface area (Å²) in [5.74, 6) is -0.211. The summed E-state index contributed by atoms with van der Waals surface area (Å²) in [6.07, 6.45) is 2.37. The monoisotopic (exact) mass is 333 g/mol. The molecule has 0 saturated heterocycles. The van der Waals surface area contributed by atoms with Gasteiger partial charge in [-0.1, -0.05) is 18.2 Å². The van der Waals surface area contributed by atoms with Crippen LogP contribution < -0.4 is 11.1 Å². The number of primary amides is 1. The fourth-order valence-electron chi connectivity index (χ4n) is 2.96. The van der Waals surface area contributed by atoms with E-state index in [1.54, 1.807) is 42.6 Å². The van der Waals surface area contributed by atoms with Crippen LogP contribution >= 0.6 is 0 Å². The van der Waals surface area contributed by atoms with Crippen LogP contribution in [0.4, 0.5) is 0 Å². The van der Waals surface area contributed by atoms with Gasteiger partial charge in [0.15, 0.2) is 5.82 Å². The van der Waals surface area contributed by atoms with Crippen LogP contribution in [0.3, 0.4) is 0 Å². The number of rotatable bonds is 3. The van der Waals surface area contributed by atoms with Crippen LogP contribution in [0.25, 0.3) is 22.8 Å². The van der Waals surface area contributed by atoms with Crippen molar-refractivity contribution >= 4 is 11.8 Å². The lowest BCUT2D eigenvalue weighted by Gasteiger charge is -2.10. The zero-order chi connectivity index (χ0) is 17.4. The molecule has 0 bridgehead atoms. The summed E-state index contributed by atoms with van der Waals surface area (Å²) in [5.41, 5.74) is 9.30. The average molecular weight is 333 g/mol. The Kier molecular flexibility index (Phi) is 3.53. The van der Waals surface area contributed by atoms with Gasteiger partial charge in [-0.2, -0.15) is 0 Å². The van der Waals surface area contributed by atoms with E-state index in [1.165, 1.54) is 0 Å². The van der Waals surface area contributed by atoms with Crippen LogP contribution in [-0.4, -0.2) is 33.3 Å². The van der Waals surface area contributed by atoms with Gasteiger partial charge >= 0.3 is 0 Å². The van der Waals surface area contributed by atoms with Gasteiger partial charge in [0.2, 0.25) is 5.91 Å². The fraction of sp³-hybridized carbons (Fsp3) is 0.111. The SMILES string of the molecule is NC(=O)c1ccccc1-c1nccc(-c2cc3c([nH]2)CCNC3=O)n1. The highest BCUT2D eigenvalue weighted by molar-refractivity contribution is 5.99. The Balaban J connectivity index is 1.79. The average Bonchev–Trinajstić information content (AvgIpc) is 3.08. The van der Waals surface area contributed by atoms with Crippen LogP contribution in [-0.2, 0) is 6.42 Å². The maximum Gasteiger partial charge on any atom is 0.253 e. The Hall–Kier alpha value is -3.48. The van der Waals surface area contributed by atoms with Crippen molar-refractivity contribution in [1.29, 1.82) is 0 Å². The lowest BCUT2D eigenvalue weighted by Crippen LogP contribution is -2.31. The van der Waals surface area contributed by atoms with Gasteiger partial charge in [-0.05, 0) is 18.2 Å².